The summed E-state index contributed by atoms with van der Waals surface area (Å²) in [4.78, 5) is 2.40. The Bertz CT molecular complexity index is 342. The Morgan fingerprint density at radius 1 is 1.31 bits per heavy atom. The minimum Gasteiger partial charge on any atom is -0.491 e. The fourth-order valence-electron chi connectivity index (χ4n) is 2.40. The number of aryl methyl sites for hydroxylation is 2. The van der Waals surface area contributed by atoms with Crippen molar-refractivity contribution >= 4 is 0 Å². The zero-order valence-electron chi connectivity index (χ0n) is 10.5. The first kappa shape index (κ1) is 11.5. The molecule has 0 aliphatic carbocycles. The van der Waals surface area contributed by atoms with Gasteiger partial charge in [-0.3, -0.25) is 0 Å². The van der Waals surface area contributed by atoms with Gasteiger partial charge in [-0.25, -0.2) is 0 Å². The predicted molar refractivity (Wildman–Crippen MR) is 67.1 cm³/mol. The number of likely N-dealkylation sites (tertiary alicyclic amines) is 1. The average molecular weight is 219 g/mol. The molecule has 0 aromatic heterocycles. The normalized spacial score (nSPS) is 21.3. The van der Waals surface area contributed by atoms with Crippen LogP contribution in [0.25, 0.3) is 0 Å². The summed E-state index contributed by atoms with van der Waals surface area (Å²) in [5.41, 5.74) is 2.47. The minimum absolute atomic E-state index is 0.596. The summed E-state index contributed by atoms with van der Waals surface area (Å²) >= 11 is 0. The van der Waals surface area contributed by atoms with Crippen molar-refractivity contribution in [3.8, 4) is 5.75 Å². The molecule has 0 spiro atoms. The molecule has 0 bridgehead atoms. The Balaban J connectivity index is 1.99. The molecule has 0 N–H and O–H groups in total. The number of benzene rings is 1. The van der Waals surface area contributed by atoms with E-state index in [1.165, 1.54) is 30.5 Å². The van der Waals surface area contributed by atoms with Crippen LogP contribution in [0.4, 0.5) is 0 Å². The van der Waals surface area contributed by atoms with E-state index in [4.69, 9.17) is 4.74 Å². The van der Waals surface area contributed by atoms with E-state index in [2.05, 4.69) is 44.0 Å². The zero-order chi connectivity index (χ0) is 11.5. The molecule has 1 fully saturated rings. The molecule has 0 unspecified atom stereocenters. The number of hydrogen-bond donors (Lipinski definition) is 0. The number of rotatable bonds is 3. The zero-order valence-corrected chi connectivity index (χ0v) is 10.5. The van der Waals surface area contributed by atoms with Crippen molar-refractivity contribution in [3.63, 3.8) is 0 Å². The lowest BCUT2D eigenvalue weighted by molar-refractivity contribution is 0.196. The summed E-state index contributed by atoms with van der Waals surface area (Å²) in [5, 5.41) is 0. The third-order valence-electron chi connectivity index (χ3n) is 3.50. The van der Waals surface area contributed by atoms with Gasteiger partial charge in [0, 0.05) is 6.04 Å². The summed E-state index contributed by atoms with van der Waals surface area (Å²) < 4.78 is 5.98. The van der Waals surface area contributed by atoms with Gasteiger partial charge < -0.3 is 9.64 Å². The standard InChI is InChI=1S/C14H21NO/c1-11-6-4-7-12(2)14(11)16-10-13-8-5-9-15(13)3/h4,6-7,13H,5,8-10H2,1-3H3/t13-/m0/s1. The van der Waals surface area contributed by atoms with Crippen molar-refractivity contribution in [2.75, 3.05) is 20.2 Å². The van der Waals surface area contributed by atoms with Crippen molar-refractivity contribution in [2.24, 2.45) is 0 Å². The lowest BCUT2D eigenvalue weighted by Crippen LogP contribution is -2.30. The van der Waals surface area contributed by atoms with Crippen LogP contribution in [0.5, 0.6) is 5.75 Å². The van der Waals surface area contributed by atoms with Crippen molar-refractivity contribution in [3.05, 3.63) is 29.3 Å². The maximum absolute atomic E-state index is 5.98. The highest BCUT2D eigenvalue weighted by Crippen LogP contribution is 2.24. The fourth-order valence-corrected chi connectivity index (χ4v) is 2.40. The molecule has 1 atom stereocenters. The fraction of sp³-hybridized carbons (Fsp3) is 0.571. The number of likely N-dealkylation sites (N-methyl/N-ethyl adjacent to an activating group) is 1. The molecule has 0 amide bonds. The Labute approximate surface area is 98.2 Å². The van der Waals surface area contributed by atoms with Gasteiger partial charge in [0.25, 0.3) is 0 Å². The van der Waals surface area contributed by atoms with Crippen LogP contribution in [-0.2, 0) is 0 Å². The molecule has 1 aliphatic heterocycles. The SMILES string of the molecule is Cc1cccc(C)c1OC[C@@H]1CCCN1C. The van der Waals surface area contributed by atoms with Crippen molar-refractivity contribution in [1.82, 2.24) is 4.90 Å². The molecule has 1 heterocycles. The minimum atomic E-state index is 0.596. The Hall–Kier alpha value is -1.02. The van der Waals surface area contributed by atoms with Gasteiger partial charge in [-0.2, -0.15) is 0 Å². The van der Waals surface area contributed by atoms with Gasteiger partial charge in [-0.05, 0) is 51.4 Å². The molecular weight excluding hydrogens is 198 g/mol. The first-order valence-corrected chi connectivity index (χ1v) is 6.07. The van der Waals surface area contributed by atoms with Crippen molar-refractivity contribution in [2.45, 2.75) is 32.7 Å². The second-order valence-corrected chi connectivity index (χ2v) is 4.81. The van der Waals surface area contributed by atoms with Gasteiger partial charge in [-0.15, -0.1) is 0 Å². The van der Waals surface area contributed by atoms with E-state index in [0.717, 1.165) is 12.4 Å². The largest absolute Gasteiger partial charge is 0.491 e. The number of hydrogen-bond acceptors (Lipinski definition) is 2. The van der Waals surface area contributed by atoms with Gasteiger partial charge in [0.05, 0.1) is 0 Å². The van der Waals surface area contributed by atoms with Gasteiger partial charge in [0.15, 0.2) is 0 Å². The molecular formula is C14H21NO. The van der Waals surface area contributed by atoms with E-state index in [9.17, 15) is 0 Å². The quantitative estimate of drug-likeness (QED) is 0.775. The molecule has 1 saturated heterocycles. The lowest BCUT2D eigenvalue weighted by atomic mass is 10.1. The van der Waals surface area contributed by atoms with Gasteiger partial charge >= 0.3 is 0 Å². The van der Waals surface area contributed by atoms with Gasteiger partial charge in [-0.1, -0.05) is 18.2 Å². The lowest BCUT2D eigenvalue weighted by Gasteiger charge is -2.21. The highest BCUT2D eigenvalue weighted by Gasteiger charge is 2.21. The molecule has 1 aromatic carbocycles. The summed E-state index contributed by atoms with van der Waals surface area (Å²) in [6.45, 7) is 6.25. The van der Waals surface area contributed by atoms with Gasteiger partial charge in [0.1, 0.15) is 12.4 Å². The van der Waals surface area contributed by atoms with Crippen LogP contribution in [-0.4, -0.2) is 31.1 Å². The first-order valence-electron chi connectivity index (χ1n) is 6.07. The Kier molecular flexibility index (Phi) is 3.49. The monoisotopic (exact) mass is 219 g/mol. The molecule has 2 rings (SSSR count). The van der Waals surface area contributed by atoms with Crippen LogP contribution in [0.2, 0.25) is 0 Å². The second-order valence-electron chi connectivity index (χ2n) is 4.81. The highest BCUT2D eigenvalue weighted by molar-refractivity contribution is 5.39. The maximum atomic E-state index is 5.98. The molecule has 1 aromatic rings. The van der Waals surface area contributed by atoms with E-state index in [1.54, 1.807) is 0 Å². The van der Waals surface area contributed by atoms with E-state index in [0.29, 0.717) is 6.04 Å². The Morgan fingerprint density at radius 3 is 2.56 bits per heavy atom. The Morgan fingerprint density at radius 2 is 2.00 bits per heavy atom. The molecule has 1 aliphatic rings. The van der Waals surface area contributed by atoms with Crippen LogP contribution in [0, 0.1) is 13.8 Å². The number of nitrogens with zero attached hydrogens (tertiary/aromatic N) is 1. The van der Waals surface area contributed by atoms with Crippen LogP contribution >= 0.6 is 0 Å². The smallest absolute Gasteiger partial charge is 0.125 e. The summed E-state index contributed by atoms with van der Waals surface area (Å²) in [6, 6.07) is 6.90. The van der Waals surface area contributed by atoms with Crippen LogP contribution in [0.1, 0.15) is 24.0 Å². The second kappa shape index (κ2) is 4.88. The van der Waals surface area contributed by atoms with E-state index >= 15 is 0 Å². The predicted octanol–water partition coefficient (Wildman–Crippen LogP) is 2.78. The van der Waals surface area contributed by atoms with Crippen LogP contribution in [0.3, 0.4) is 0 Å². The third-order valence-corrected chi connectivity index (χ3v) is 3.50. The average Bonchev–Trinajstić information content (AvgIpc) is 2.64. The van der Waals surface area contributed by atoms with Gasteiger partial charge in [0.2, 0.25) is 0 Å². The summed E-state index contributed by atoms with van der Waals surface area (Å²) in [6.07, 6.45) is 2.57. The van der Waals surface area contributed by atoms with E-state index in [1.807, 2.05) is 0 Å². The molecule has 0 saturated carbocycles. The number of para-hydroxylation sites is 1. The van der Waals surface area contributed by atoms with Crippen LogP contribution < -0.4 is 4.74 Å². The van der Waals surface area contributed by atoms with E-state index < -0.39 is 0 Å². The summed E-state index contributed by atoms with van der Waals surface area (Å²) in [7, 11) is 2.19. The molecule has 88 valence electrons. The molecule has 2 heteroatoms. The maximum Gasteiger partial charge on any atom is 0.125 e. The molecule has 0 radical (unpaired) electrons. The van der Waals surface area contributed by atoms with Crippen LogP contribution in [0.15, 0.2) is 18.2 Å². The first-order chi connectivity index (χ1) is 7.68. The van der Waals surface area contributed by atoms with Crippen molar-refractivity contribution < 1.29 is 4.74 Å². The highest BCUT2D eigenvalue weighted by atomic mass is 16.5. The molecule has 2 nitrogen and oxygen atoms in total. The summed E-state index contributed by atoms with van der Waals surface area (Å²) in [5.74, 6) is 1.07. The third kappa shape index (κ3) is 2.38. The number of ether oxygens (including phenoxy) is 1. The molecule has 16 heavy (non-hydrogen) atoms. The van der Waals surface area contributed by atoms with Crippen molar-refractivity contribution in [1.29, 1.82) is 0 Å². The topological polar surface area (TPSA) is 12.5 Å². The van der Waals surface area contributed by atoms with E-state index in [-0.39, 0.29) is 0 Å².